The third-order valence-electron chi connectivity index (χ3n) is 8.99. The molecule has 0 N–H and O–H groups in total. The summed E-state index contributed by atoms with van der Waals surface area (Å²) >= 11 is 0.949. The van der Waals surface area contributed by atoms with E-state index >= 15 is 4.57 Å². The largest absolute Gasteiger partial charge is 0.495 e. The molecule has 1 heterocycles. The number of hydrogen-bond acceptors (Lipinski definition) is 9. The minimum atomic E-state index is -4.08. The molecule has 7 rings (SSSR count). The minimum Gasteiger partial charge on any atom is -0.408 e. The van der Waals surface area contributed by atoms with E-state index in [1.54, 1.807) is 24.3 Å². The number of hydrogen-bond donors (Lipinski definition) is 0. The average molecular weight is 789 g/mol. The molecule has 10 heteroatoms. The van der Waals surface area contributed by atoms with E-state index in [9.17, 15) is 0 Å². The van der Waals surface area contributed by atoms with Crippen LogP contribution in [0.25, 0.3) is 0 Å². The van der Waals surface area contributed by atoms with Gasteiger partial charge in [-0.25, -0.2) is 4.57 Å². The number of rotatable bonds is 19. The van der Waals surface area contributed by atoms with Crippen LogP contribution in [0.5, 0.6) is 11.5 Å². The Morgan fingerprint density at radius 3 is 1.23 bits per heavy atom. The molecule has 1 saturated heterocycles. The molecular weight excluding hydrogens is 744 g/mol. The Morgan fingerprint density at radius 2 is 0.804 bits per heavy atom. The molecule has 0 aromatic heterocycles. The second-order valence-corrected chi connectivity index (χ2v) is 17.1. The molecule has 0 aliphatic carbocycles. The lowest BCUT2D eigenvalue weighted by atomic mass is 9.98. The van der Waals surface area contributed by atoms with Crippen molar-refractivity contribution in [3.63, 3.8) is 0 Å². The van der Waals surface area contributed by atoms with E-state index in [2.05, 4.69) is 0 Å². The van der Waals surface area contributed by atoms with Gasteiger partial charge in [-0.1, -0.05) is 158 Å². The smallest absolute Gasteiger partial charge is 0.408 e. The van der Waals surface area contributed by atoms with Crippen molar-refractivity contribution in [3.8, 4) is 11.5 Å². The van der Waals surface area contributed by atoms with Gasteiger partial charge in [0.15, 0.2) is 0 Å². The maximum Gasteiger partial charge on any atom is 0.495 e. The fourth-order valence-corrected chi connectivity index (χ4v) is 9.97. The third-order valence-corrected chi connectivity index (χ3v) is 12.6. The second kappa shape index (κ2) is 20.5. The number of para-hydroxylation sites is 2. The van der Waals surface area contributed by atoms with E-state index < -0.39 is 36.6 Å². The average Bonchev–Trinajstić information content (AvgIpc) is 3.24. The summed E-state index contributed by atoms with van der Waals surface area (Å²) in [7, 11) is 0. The zero-order chi connectivity index (χ0) is 38.3. The quantitative estimate of drug-likeness (QED) is 0.0745. The number of ether oxygens (including phenoxy) is 5. The molecule has 0 radical (unpaired) electrons. The Morgan fingerprint density at radius 1 is 0.446 bits per heavy atom. The zero-order valence-electron chi connectivity index (χ0n) is 30.9. The summed E-state index contributed by atoms with van der Waals surface area (Å²) in [5, 5.41) is 0. The van der Waals surface area contributed by atoms with Crippen molar-refractivity contribution in [1.82, 2.24) is 0 Å². The highest BCUT2D eigenvalue weighted by Crippen LogP contribution is 2.63. The van der Waals surface area contributed by atoms with E-state index in [0.717, 1.165) is 33.6 Å². The van der Waals surface area contributed by atoms with Crippen LogP contribution >= 0.6 is 18.2 Å². The molecule has 1 aliphatic rings. The lowest BCUT2D eigenvalue weighted by Gasteiger charge is -2.46. The lowest BCUT2D eigenvalue weighted by Crippen LogP contribution is -2.60. The lowest BCUT2D eigenvalue weighted by molar-refractivity contribution is -0.254. The molecular formula is C46H45O8PS. The first-order valence-electron chi connectivity index (χ1n) is 18.6. The van der Waals surface area contributed by atoms with E-state index in [1.807, 2.05) is 158 Å². The van der Waals surface area contributed by atoms with Crippen molar-refractivity contribution >= 4 is 18.2 Å². The van der Waals surface area contributed by atoms with Gasteiger partial charge in [0.25, 0.3) is 0 Å². The maximum atomic E-state index is 15.1. The first-order chi connectivity index (χ1) is 27.6. The van der Waals surface area contributed by atoms with E-state index in [4.69, 9.17) is 32.7 Å². The van der Waals surface area contributed by atoms with Crippen molar-refractivity contribution in [2.45, 2.75) is 56.3 Å². The van der Waals surface area contributed by atoms with Crippen molar-refractivity contribution in [2.24, 2.45) is 0 Å². The van der Waals surface area contributed by atoms with Gasteiger partial charge in [-0.15, -0.1) is 0 Å². The van der Waals surface area contributed by atoms with Crippen molar-refractivity contribution in [2.75, 3.05) is 6.61 Å². The molecule has 6 aromatic carbocycles. The normalized spacial score (nSPS) is 19.6. The van der Waals surface area contributed by atoms with Crippen LogP contribution in [0, 0.1) is 0 Å². The van der Waals surface area contributed by atoms with Crippen LogP contribution in [0.3, 0.4) is 0 Å². The SMILES string of the molecule is O=P(Oc1ccccc1)(Oc1ccccc1)S[C@@H]1O[C@H](COCc2ccccc2)[C@@H](OCc2ccccc2)[C@H](OCc2ccccc2)[C@H]1OCc1ccccc1. The molecule has 288 valence electrons. The summed E-state index contributed by atoms with van der Waals surface area (Å²) in [4.78, 5) is 0. The molecule has 1 fully saturated rings. The van der Waals surface area contributed by atoms with Gasteiger partial charge in [0.1, 0.15) is 41.4 Å². The van der Waals surface area contributed by atoms with Gasteiger partial charge >= 0.3 is 6.80 Å². The predicted molar refractivity (Wildman–Crippen MR) is 219 cm³/mol. The highest BCUT2D eigenvalue weighted by molar-refractivity contribution is 8.55. The predicted octanol–water partition coefficient (Wildman–Crippen LogP) is 10.7. The van der Waals surface area contributed by atoms with Gasteiger partial charge in [-0.2, -0.15) is 0 Å². The molecule has 56 heavy (non-hydrogen) atoms. The summed E-state index contributed by atoms with van der Waals surface area (Å²) in [6.45, 7) is -2.75. The summed E-state index contributed by atoms with van der Waals surface area (Å²) in [5.41, 5.74) is 3.04. The van der Waals surface area contributed by atoms with Gasteiger partial charge in [-0.05, 0) is 46.5 Å². The molecule has 0 spiro atoms. The van der Waals surface area contributed by atoms with Gasteiger partial charge in [0, 0.05) is 11.4 Å². The zero-order valence-corrected chi connectivity index (χ0v) is 32.6. The van der Waals surface area contributed by atoms with Gasteiger partial charge in [0.05, 0.1) is 33.0 Å². The van der Waals surface area contributed by atoms with Crippen molar-refractivity contribution in [1.29, 1.82) is 0 Å². The molecule has 0 unspecified atom stereocenters. The van der Waals surface area contributed by atoms with Gasteiger partial charge in [-0.3, -0.25) is 0 Å². The molecule has 5 atom stereocenters. The Bertz CT molecular complexity index is 2000. The van der Waals surface area contributed by atoms with Crippen molar-refractivity contribution < 1.29 is 37.3 Å². The highest BCUT2D eigenvalue weighted by atomic mass is 32.7. The number of benzene rings is 6. The molecule has 6 aromatic rings. The fourth-order valence-electron chi connectivity index (χ4n) is 6.24. The molecule has 0 bridgehead atoms. The highest BCUT2D eigenvalue weighted by Gasteiger charge is 2.52. The summed E-state index contributed by atoms with van der Waals surface area (Å²) < 4.78 is 61.4. The summed E-state index contributed by atoms with van der Waals surface area (Å²) in [5.74, 6) is 0.779. The van der Waals surface area contributed by atoms with Crippen LogP contribution in [-0.2, 0) is 54.7 Å². The van der Waals surface area contributed by atoms with Crippen LogP contribution in [0.15, 0.2) is 182 Å². The van der Waals surface area contributed by atoms with Crippen LogP contribution in [0.1, 0.15) is 22.3 Å². The Hall–Kier alpha value is -4.70. The van der Waals surface area contributed by atoms with E-state index in [1.165, 1.54) is 0 Å². The Labute approximate surface area is 332 Å². The van der Waals surface area contributed by atoms with Gasteiger partial charge < -0.3 is 32.7 Å². The minimum absolute atomic E-state index is 0.158. The second-order valence-electron chi connectivity index (χ2n) is 13.2. The monoisotopic (exact) mass is 788 g/mol. The van der Waals surface area contributed by atoms with Crippen molar-refractivity contribution in [3.05, 3.63) is 204 Å². The molecule has 0 amide bonds. The molecule has 8 nitrogen and oxygen atoms in total. The summed E-state index contributed by atoms with van der Waals surface area (Å²) in [6, 6.07) is 57.8. The van der Waals surface area contributed by atoms with Crippen LogP contribution in [0.2, 0.25) is 0 Å². The van der Waals surface area contributed by atoms with E-state index in [0.29, 0.717) is 24.7 Å². The summed E-state index contributed by atoms with van der Waals surface area (Å²) in [6.07, 6.45) is -2.83. The molecule has 0 saturated carbocycles. The maximum absolute atomic E-state index is 15.1. The van der Waals surface area contributed by atoms with E-state index in [-0.39, 0.29) is 19.8 Å². The molecule has 1 aliphatic heterocycles. The van der Waals surface area contributed by atoms with Crippen LogP contribution in [0.4, 0.5) is 0 Å². The fraction of sp³-hybridized carbons (Fsp3) is 0.217. The van der Waals surface area contributed by atoms with Crippen LogP contribution in [-0.4, -0.2) is 36.5 Å². The van der Waals surface area contributed by atoms with Gasteiger partial charge in [0.2, 0.25) is 0 Å². The third kappa shape index (κ3) is 11.7. The standard InChI is InChI=1S/C46H45O8PS/c47-55(53-40-27-15-5-16-28-40,54-41-29-17-6-18-30-41)56-46-45(51-34-39-25-13-4-14-26-39)44(50-33-38-23-11-3-12-24-38)43(49-32-37-21-9-2-10-22-37)42(52-46)35-48-31-36-19-7-1-8-20-36/h1-30,42-46H,31-35H2/t42-,43-,44+,45-,46+/m1/s1. The van der Waals surface area contributed by atoms with Crippen LogP contribution < -0.4 is 9.05 Å². The Balaban J connectivity index is 1.26. The first-order valence-corrected chi connectivity index (χ1v) is 21.6. The first kappa shape index (κ1) is 39.5. The topological polar surface area (TPSA) is 81.7 Å². The Kier molecular flexibility index (Phi) is 14.4.